The molecule has 0 radical (unpaired) electrons. The zero-order valence-corrected chi connectivity index (χ0v) is 12.4. The van der Waals surface area contributed by atoms with Crippen LogP contribution in [0.3, 0.4) is 0 Å². The molecule has 2 rings (SSSR count). The topological polar surface area (TPSA) is 84.2 Å². The van der Waals surface area contributed by atoms with Crippen molar-refractivity contribution in [2.24, 2.45) is 7.05 Å². The summed E-state index contributed by atoms with van der Waals surface area (Å²) in [5.41, 5.74) is 0.186. The first-order chi connectivity index (χ1) is 8.75. The summed E-state index contributed by atoms with van der Waals surface area (Å²) in [7, 11) is -1.91. The number of nitrogens with zero attached hydrogens (tertiary/aromatic N) is 2. The van der Waals surface area contributed by atoms with Gasteiger partial charge in [0.25, 0.3) is 0 Å². The minimum absolute atomic E-state index is 0.0725. The molecule has 0 aliphatic heterocycles. The summed E-state index contributed by atoms with van der Waals surface area (Å²) >= 11 is 0. The number of sulfonamides is 1. The molecule has 19 heavy (non-hydrogen) atoms. The third-order valence-electron chi connectivity index (χ3n) is 3.84. The van der Waals surface area contributed by atoms with E-state index in [-0.39, 0.29) is 11.4 Å². The van der Waals surface area contributed by atoms with Crippen molar-refractivity contribution in [2.45, 2.75) is 50.0 Å². The minimum atomic E-state index is -3.62. The first-order valence-electron chi connectivity index (χ1n) is 6.47. The number of nitrogens with one attached hydrogen (secondary N) is 1. The third-order valence-corrected chi connectivity index (χ3v) is 5.49. The average molecular weight is 287 g/mol. The highest BCUT2D eigenvalue weighted by Crippen LogP contribution is 2.29. The second-order valence-corrected chi connectivity index (χ2v) is 7.08. The van der Waals surface area contributed by atoms with Crippen molar-refractivity contribution in [2.75, 3.05) is 6.54 Å². The molecule has 1 aromatic heterocycles. The second kappa shape index (κ2) is 4.88. The largest absolute Gasteiger partial charge is 0.389 e. The Hall–Kier alpha value is -0.920. The Labute approximate surface area is 113 Å². The zero-order valence-electron chi connectivity index (χ0n) is 11.6. The molecule has 1 saturated carbocycles. The second-order valence-electron chi connectivity index (χ2n) is 5.38. The van der Waals surface area contributed by atoms with Crippen LogP contribution in [0.5, 0.6) is 0 Å². The van der Waals surface area contributed by atoms with Crippen LogP contribution in [-0.2, 0) is 17.1 Å². The van der Waals surface area contributed by atoms with E-state index in [1.165, 1.54) is 0 Å². The molecule has 6 nitrogen and oxygen atoms in total. The molecule has 2 N–H and O–H groups in total. The van der Waals surface area contributed by atoms with Gasteiger partial charge in [-0.15, -0.1) is 0 Å². The smallest absolute Gasteiger partial charge is 0.244 e. The molecule has 0 amide bonds. The van der Waals surface area contributed by atoms with Gasteiger partial charge in [0.05, 0.1) is 17.0 Å². The van der Waals surface area contributed by atoms with Crippen molar-refractivity contribution in [3.8, 4) is 0 Å². The lowest BCUT2D eigenvalue weighted by Gasteiger charge is -2.22. The quantitative estimate of drug-likeness (QED) is 0.850. The number of aromatic nitrogens is 2. The van der Waals surface area contributed by atoms with Gasteiger partial charge in [0, 0.05) is 13.6 Å². The Kier molecular flexibility index (Phi) is 3.72. The standard InChI is InChI=1S/C12H21N3O3S/c1-9-11(10(2)15(3)14-9)19(17,18)13-8-12(16)6-4-5-7-12/h13,16H,4-8H2,1-3H3. The Morgan fingerprint density at radius 2 is 1.95 bits per heavy atom. The van der Waals surface area contributed by atoms with Crippen LogP contribution in [0.1, 0.15) is 37.1 Å². The van der Waals surface area contributed by atoms with Crippen molar-refractivity contribution in [3.05, 3.63) is 11.4 Å². The highest BCUT2D eigenvalue weighted by Gasteiger charge is 2.33. The number of aliphatic hydroxyl groups is 1. The van der Waals surface area contributed by atoms with E-state index in [1.54, 1.807) is 25.6 Å². The SMILES string of the molecule is Cc1nn(C)c(C)c1S(=O)(=O)NCC1(O)CCCC1. The first kappa shape index (κ1) is 14.5. The van der Waals surface area contributed by atoms with E-state index in [2.05, 4.69) is 9.82 Å². The van der Waals surface area contributed by atoms with E-state index in [1.807, 2.05) is 0 Å². The van der Waals surface area contributed by atoms with E-state index in [0.29, 0.717) is 24.2 Å². The summed E-state index contributed by atoms with van der Waals surface area (Å²) in [6, 6.07) is 0. The lowest BCUT2D eigenvalue weighted by atomic mass is 10.0. The van der Waals surface area contributed by atoms with E-state index in [0.717, 1.165) is 12.8 Å². The molecule has 7 heteroatoms. The van der Waals surface area contributed by atoms with Crippen molar-refractivity contribution >= 4 is 10.0 Å². The van der Waals surface area contributed by atoms with Gasteiger partial charge in [-0.1, -0.05) is 12.8 Å². The maximum absolute atomic E-state index is 12.3. The normalized spacial score (nSPS) is 18.9. The molecule has 0 aromatic carbocycles. The molecule has 108 valence electrons. The summed E-state index contributed by atoms with van der Waals surface area (Å²) in [6.45, 7) is 3.47. The molecule has 1 heterocycles. The van der Waals surface area contributed by atoms with Gasteiger partial charge in [0.1, 0.15) is 4.90 Å². The minimum Gasteiger partial charge on any atom is -0.389 e. The molecule has 1 aromatic rings. The van der Waals surface area contributed by atoms with Gasteiger partial charge in [0.2, 0.25) is 10.0 Å². The molecule has 0 atom stereocenters. The van der Waals surface area contributed by atoms with Gasteiger partial charge in [-0.2, -0.15) is 5.10 Å². The Balaban J connectivity index is 2.19. The number of hydrogen-bond acceptors (Lipinski definition) is 4. The molecule has 0 saturated heterocycles. The van der Waals surface area contributed by atoms with Crippen LogP contribution >= 0.6 is 0 Å². The monoisotopic (exact) mass is 287 g/mol. The van der Waals surface area contributed by atoms with Gasteiger partial charge in [-0.25, -0.2) is 13.1 Å². The maximum Gasteiger partial charge on any atom is 0.244 e. The summed E-state index contributed by atoms with van der Waals surface area (Å²) in [5, 5.41) is 14.3. The molecule has 0 bridgehead atoms. The van der Waals surface area contributed by atoms with Crippen LogP contribution in [0.25, 0.3) is 0 Å². The lowest BCUT2D eigenvalue weighted by Crippen LogP contribution is -2.41. The number of hydrogen-bond donors (Lipinski definition) is 2. The van der Waals surface area contributed by atoms with E-state index >= 15 is 0 Å². The fourth-order valence-electron chi connectivity index (χ4n) is 2.65. The van der Waals surface area contributed by atoms with Crippen LogP contribution in [0, 0.1) is 13.8 Å². The van der Waals surface area contributed by atoms with Gasteiger partial charge < -0.3 is 5.11 Å². The van der Waals surface area contributed by atoms with E-state index in [9.17, 15) is 13.5 Å². The highest BCUT2D eigenvalue weighted by molar-refractivity contribution is 7.89. The molecule has 0 spiro atoms. The Morgan fingerprint density at radius 1 is 1.37 bits per heavy atom. The van der Waals surface area contributed by atoms with Gasteiger partial charge in [-0.05, 0) is 26.7 Å². The van der Waals surface area contributed by atoms with Crippen LogP contribution < -0.4 is 4.72 Å². The van der Waals surface area contributed by atoms with E-state index < -0.39 is 15.6 Å². The fraction of sp³-hybridized carbons (Fsp3) is 0.750. The van der Waals surface area contributed by atoms with Crippen molar-refractivity contribution in [3.63, 3.8) is 0 Å². The molecule has 1 aliphatic carbocycles. The van der Waals surface area contributed by atoms with Crippen LogP contribution in [0.4, 0.5) is 0 Å². The van der Waals surface area contributed by atoms with Gasteiger partial charge >= 0.3 is 0 Å². The predicted octanol–water partition coefficient (Wildman–Crippen LogP) is 0.620. The molecule has 1 fully saturated rings. The average Bonchev–Trinajstić information content (AvgIpc) is 2.83. The van der Waals surface area contributed by atoms with Gasteiger partial charge in [-0.3, -0.25) is 4.68 Å². The summed E-state index contributed by atoms with van der Waals surface area (Å²) < 4.78 is 28.7. The van der Waals surface area contributed by atoms with Gasteiger partial charge in [0.15, 0.2) is 0 Å². The maximum atomic E-state index is 12.3. The van der Waals surface area contributed by atoms with Crippen molar-refractivity contribution in [1.82, 2.24) is 14.5 Å². The molecular weight excluding hydrogens is 266 g/mol. The lowest BCUT2D eigenvalue weighted by molar-refractivity contribution is 0.0531. The third kappa shape index (κ3) is 2.82. The number of rotatable bonds is 4. The summed E-state index contributed by atoms with van der Waals surface area (Å²) in [5.74, 6) is 0. The fourth-order valence-corrected chi connectivity index (χ4v) is 4.21. The van der Waals surface area contributed by atoms with Crippen LogP contribution in [-0.4, -0.2) is 35.5 Å². The zero-order chi connectivity index (χ0) is 14.3. The van der Waals surface area contributed by atoms with Crippen molar-refractivity contribution < 1.29 is 13.5 Å². The highest BCUT2D eigenvalue weighted by atomic mass is 32.2. The molecule has 0 unspecified atom stereocenters. The molecular formula is C12H21N3O3S. The first-order valence-corrected chi connectivity index (χ1v) is 7.96. The van der Waals surface area contributed by atoms with E-state index in [4.69, 9.17) is 0 Å². The van der Waals surface area contributed by atoms with Crippen molar-refractivity contribution in [1.29, 1.82) is 0 Å². The summed E-state index contributed by atoms with van der Waals surface area (Å²) in [6.07, 6.45) is 3.20. The Morgan fingerprint density at radius 3 is 2.42 bits per heavy atom. The number of aryl methyl sites for hydroxylation is 2. The Bertz CT molecular complexity index is 571. The molecule has 1 aliphatic rings. The summed E-state index contributed by atoms with van der Waals surface area (Å²) in [4.78, 5) is 0.219. The van der Waals surface area contributed by atoms with Crippen LogP contribution in [0.15, 0.2) is 4.90 Å². The predicted molar refractivity (Wildman–Crippen MR) is 71.3 cm³/mol. The van der Waals surface area contributed by atoms with Crippen LogP contribution in [0.2, 0.25) is 0 Å².